The van der Waals surface area contributed by atoms with Gasteiger partial charge < -0.3 is 14.4 Å². The Bertz CT molecular complexity index is 1130. The lowest BCUT2D eigenvalue weighted by Crippen LogP contribution is -2.41. The van der Waals surface area contributed by atoms with E-state index >= 15 is 0 Å². The number of benzene rings is 3. The Morgan fingerprint density at radius 1 is 0.765 bits per heavy atom. The summed E-state index contributed by atoms with van der Waals surface area (Å²) < 4.78 is 10.4. The Morgan fingerprint density at radius 3 is 1.85 bits per heavy atom. The van der Waals surface area contributed by atoms with Gasteiger partial charge in [-0.05, 0) is 37.1 Å². The number of ether oxygens (including phenoxy) is 2. The molecule has 6 nitrogen and oxygen atoms in total. The second-order valence-corrected chi connectivity index (χ2v) is 8.60. The van der Waals surface area contributed by atoms with Crippen molar-refractivity contribution in [3.8, 4) is 0 Å². The lowest BCUT2D eigenvalue weighted by Gasteiger charge is -2.33. The van der Waals surface area contributed by atoms with Crippen molar-refractivity contribution in [1.29, 1.82) is 0 Å². The first-order chi connectivity index (χ1) is 16.4. The zero-order valence-electron chi connectivity index (χ0n) is 20.0. The molecule has 0 amide bonds. The molecule has 3 atom stereocenters. The van der Waals surface area contributed by atoms with E-state index < -0.39 is 18.2 Å². The van der Waals surface area contributed by atoms with Crippen LogP contribution in [0.2, 0.25) is 0 Å². The van der Waals surface area contributed by atoms with E-state index in [0.29, 0.717) is 0 Å². The highest BCUT2D eigenvalue weighted by atomic mass is 16.5. The molecule has 34 heavy (non-hydrogen) atoms. The van der Waals surface area contributed by atoms with E-state index in [9.17, 15) is 9.59 Å². The van der Waals surface area contributed by atoms with Crippen LogP contribution in [-0.4, -0.2) is 43.6 Å². The number of para-hydroxylation sites is 1. The normalized spacial score (nSPS) is 20.2. The zero-order valence-corrected chi connectivity index (χ0v) is 20.0. The maximum atomic E-state index is 13.4. The van der Waals surface area contributed by atoms with Crippen molar-refractivity contribution in [3.05, 3.63) is 101 Å². The van der Waals surface area contributed by atoms with E-state index in [1.165, 1.54) is 14.2 Å². The molecule has 3 aromatic carbocycles. The number of rotatable bonds is 6. The molecule has 0 aliphatic carbocycles. The average molecular weight is 459 g/mol. The number of methoxy groups -OCH3 is 2. The molecule has 1 aliphatic heterocycles. The van der Waals surface area contributed by atoms with Gasteiger partial charge in [-0.25, -0.2) is 4.79 Å². The van der Waals surface area contributed by atoms with Gasteiger partial charge in [0.2, 0.25) is 0 Å². The smallest absolute Gasteiger partial charge is 0.330 e. The first-order valence-corrected chi connectivity index (χ1v) is 11.3. The summed E-state index contributed by atoms with van der Waals surface area (Å²) in [5.41, 5.74) is 5.02. The maximum absolute atomic E-state index is 13.4. The SMILES string of the molecule is COC(=O)CN1[C@H](c2ccc(C)cc2)[C@H](C(=O)OC)N(c2ccccc2)[C@@H]1c1ccc(C)cc1. The molecule has 1 aliphatic rings. The van der Waals surface area contributed by atoms with Gasteiger partial charge in [-0.2, -0.15) is 0 Å². The predicted octanol–water partition coefficient (Wildman–Crippen LogP) is 4.58. The van der Waals surface area contributed by atoms with Gasteiger partial charge in [-0.1, -0.05) is 77.9 Å². The van der Waals surface area contributed by atoms with Crippen molar-refractivity contribution in [2.75, 3.05) is 25.7 Å². The molecule has 0 spiro atoms. The van der Waals surface area contributed by atoms with Crippen molar-refractivity contribution in [2.45, 2.75) is 32.1 Å². The second kappa shape index (κ2) is 10.1. The van der Waals surface area contributed by atoms with Gasteiger partial charge in [0, 0.05) is 5.69 Å². The van der Waals surface area contributed by atoms with E-state index in [1.54, 1.807) is 0 Å². The fourth-order valence-electron chi connectivity index (χ4n) is 4.69. The standard InChI is InChI=1S/C28H30N2O4/c1-19-10-14-21(15-11-19)25-26(28(32)34-4)30(23-8-6-5-7-9-23)27(29(25)18-24(31)33-3)22-16-12-20(2)13-17-22/h5-17,25-27H,18H2,1-4H3/t25-,26-,27-/m1/s1. The van der Waals surface area contributed by atoms with E-state index in [4.69, 9.17) is 9.47 Å². The maximum Gasteiger partial charge on any atom is 0.330 e. The Kier molecular flexibility index (Phi) is 6.98. The summed E-state index contributed by atoms with van der Waals surface area (Å²) in [4.78, 5) is 30.1. The lowest BCUT2D eigenvalue weighted by molar-refractivity contribution is -0.145. The zero-order chi connectivity index (χ0) is 24.2. The summed E-state index contributed by atoms with van der Waals surface area (Å²) in [6, 6.07) is 24.9. The summed E-state index contributed by atoms with van der Waals surface area (Å²) in [6.07, 6.45) is -0.391. The number of carbonyl (C=O) groups excluding carboxylic acids is 2. The highest BCUT2D eigenvalue weighted by Gasteiger charge is 2.52. The summed E-state index contributed by atoms with van der Waals surface area (Å²) in [6.45, 7) is 4.07. The van der Waals surface area contributed by atoms with Gasteiger partial charge in [0.1, 0.15) is 12.2 Å². The second-order valence-electron chi connectivity index (χ2n) is 8.60. The van der Waals surface area contributed by atoms with Crippen LogP contribution in [0.3, 0.4) is 0 Å². The topological polar surface area (TPSA) is 59.1 Å². The third-order valence-electron chi connectivity index (χ3n) is 6.36. The molecule has 1 heterocycles. The van der Waals surface area contributed by atoms with E-state index in [2.05, 4.69) is 4.90 Å². The summed E-state index contributed by atoms with van der Waals surface area (Å²) in [5, 5.41) is 0. The number of hydrogen-bond acceptors (Lipinski definition) is 6. The third kappa shape index (κ3) is 4.54. The minimum Gasteiger partial charge on any atom is -0.468 e. The summed E-state index contributed by atoms with van der Waals surface area (Å²) >= 11 is 0. The molecule has 0 radical (unpaired) electrons. The fourth-order valence-corrected chi connectivity index (χ4v) is 4.69. The van der Waals surface area contributed by atoms with Crippen LogP contribution in [0, 0.1) is 13.8 Å². The van der Waals surface area contributed by atoms with Crippen LogP contribution in [0.4, 0.5) is 5.69 Å². The van der Waals surface area contributed by atoms with Crippen LogP contribution in [0.15, 0.2) is 78.9 Å². The number of aryl methyl sites for hydroxylation is 2. The Labute approximate surface area is 200 Å². The average Bonchev–Trinajstić information content (AvgIpc) is 3.19. The number of carbonyl (C=O) groups is 2. The lowest BCUT2D eigenvalue weighted by atomic mass is 9.97. The number of hydrogen-bond donors (Lipinski definition) is 0. The molecule has 0 unspecified atom stereocenters. The van der Waals surface area contributed by atoms with Crippen LogP contribution in [0.25, 0.3) is 0 Å². The molecular weight excluding hydrogens is 428 g/mol. The molecule has 0 saturated carbocycles. The Morgan fingerprint density at radius 2 is 1.32 bits per heavy atom. The molecule has 1 fully saturated rings. The van der Waals surface area contributed by atoms with Crippen molar-refractivity contribution in [2.24, 2.45) is 0 Å². The molecule has 3 aromatic rings. The molecule has 6 heteroatoms. The quantitative estimate of drug-likeness (QED) is 0.504. The van der Waals surface area contributed by atoms with Gasteiger partial charge in [-0.3, -0.25) is 9.69 Å². The van der Waals surface area contributed by atoms with E-state index in [-0.39, 0.29) is 18.5 Å². The minimum atomic E-state index is -0.675. The summed E-state index contributed by atoms with van der Waals surface area (Å²) in [7, 11) is 2.79. The van der Waals surface area contributed by atoms with Crippen molar-refractivity contribution >= 4 is 17.6 Å². The third-order valence-corrected chi connectivity index (χ3v) is 6.36. The largest absolute Gasteiger partial charge is 0.468 e. The van der Waals surface area contributed by atoms with Gasteiger partial charge in [0.05, 0.1) is 26.8 Å². The highest BCUT2D eigenvalue weighted by Crippen LogP contribution is 2.48. The van der Waals surface area contributed by atoms with Crippen LogP contribution in [-0.2, 0) is 19.1 Å². The van der Waals surface area contributed by atoms with Crippen LogP contribution in [0.1, 0.15) is 34.5 Å². The molecule has 0 N–H and O–H groups in total. The van der Waals surface area contributed by atoms with Crippen LogP contribution >= 0.6 is 0 Å². The molecule has 0 aromatic heterocycles. The molecule has 4 rings (SSSR count). The molecule has 0 bridgehead atoms. The van der Waals surface area contributed by atoms with Crippen molar-refractivity contribution < 1.29 is 19.1 Å². The van der Waals surface area contributed by atoms with E-state index in [1.807, 2.05) is 97.6 Å². The van der Waals surface area contributed by atoms with Gasteiger partial charge in [0.25, 0.3) is 0 Å². The monoisotopic (exact) mass is 458 g/mol. The van der Waals surface area contributed by atoms with Gasteiger partial charge in [-0.15, -0.1) is 0 Å². The number of esters is 2. The summed E-state index contributed by atoms with van der Waals surface area (Å²) in [5.74, 6) is -0.730. The molecule has 176 valence electrons. The molecular formula is C28H30N2O4. The fraction of sp³-hybridized carbons (Fsp3) is 0.286. The number of anilines is 1. The Balaban J connectivity index is 1.96. The Hall–Kier alpha value is -3.64. The molecule has 1 saturated heterocycles. The van der Waals surface area contributed by atoms with Crippen LogP contribution in [0.5, 0.6) is 0 Å². The first kappa shape index (κ1) is 23.5. The van der Waals surface area contributed by atoms with E-state index in [0.717, 1.165) is 27.9 Å². The highest BCUT2D eigenvalue weighted by molar-refractivity contribution is 5.83. The predicted molar refractivity (Wildman–Crippen MR) is 131 cm³/mol. The first-order valence-electron chi connectivity index (χ1n) is 11.3. The minimum absolute atomic E-state index is 0.0183. The van der Waals surface area contributed by atoms with Crippen molar-refractivity contribution in [3.63, 3.8) is 0 Å². The van der Waals surface area contributed by atoms with Crippen LogP contribution < -0.4 is 4.90 Å². The van der Waals surface area contributed by atoms with Crippen molar-refractivity contribution in [1.82, 2.24) is 4.90 Å². The number of nitrogens with zero attached hydrogens (tertiary/aromatic N) is 2. The van der Waals surface area contributed by atoms with Gasteiger partial charge in [0.15, 0.2) is 0 Å². The van der Waals surface area contributed by atoms with Gasteiger partial charge >= 0.3 is 11.9 Å².